The molecule has 0 saturated carbocycles. The summed E-state index contributed by atoms with van der Waals surface area (Å²) in [5.74, 6) is 1.24. The normalized spacial score (nSPS) is 20.6. The van der Waals surface area contributed by atoms with E-state index in [-0.39, 0.29) is 23.8 Å². The fraction of sp³-hybridized carbons (Fsp3) is 0.500. The number of para-hydroxylation sites is 1. The number of aromatic nitrogens is 1. The molecule has 2 saturated heterocycles. The van der Waals surface area contributed by atoms with Crippen LogP contribution in [-0.2, 0) is 9.59 Å². The Morgan fingerprint density at radius 3 is 2.78 bits per heavy atom. The zero-order valence-corrected chi connectivity index (χ0v) is 21.2. The van der Waals surface area contributed by atoms with E-state index in [9.17, 15) is 14.9 Å². The highest BCUT2D eigenvalue weighted by Gasteiger charge is 2.43. The molecule has 1 aromatic heterocycles. The predicted octanol–water partition coefficient (Wildman–Crippen LogP) is 3.78. The molecule has 190 valence electrons. The number of rotatable bonds is 7. The van der Waals surface area contributed by atoms with Gasteiger partial charge < -0.3 is 19.4 Å². The number of methoxy groups -OCH3 is 1. The number of carbonyl (C=O) groups is 2. The predicted molar refractivity (Wildman–Crippen MR) is 137 cm³/mol. The summed E-state index contributed by atoms with van der Waals surface area (Å²) in [4.78, 5) is 37.5. The quantitative estimate of drug-likeness (QED) is 0.588. The van der Waals surface area contributed by atoms with Crippen LogP contribution in [0.3, 0.4) is 0 Å². The topological polar surface area (TPSA) is 89.8 Å². The third-order valence-corrected chi connectivity index (χ3v) is 7.25. The molecule has 3 heterocycles. The van der Waals surface area contributed by atoms with E-state index in [1.807, 2.05) is 34.1 Å². The lowest BCUT2D eigenvalue weighted by atomic mass is 9.82. The summed E-state index contributed by atoms with van der Waals surface area (Å²) >= 11 is 0. The Morgan fingerprint density at radius 1 is 1.17 bits per heavy atom. The summed E-state index contributed by atoms with van der Waals surface area (Å²) < 4.78 is 5.66. The number of pyridine rings is 1. The van der Waals surface area contributed by atoms with E-state index in [2.05, 4.69) is 22.9 Å². The number of hydrogen-bond acceptors (Lipinski definition) is 6. The molecular formula is C28H35N5O3. The molecule has 2 aliphatic rings. The highest BCUT2D eigenvalue weighted by atomic mass is 16.5. The summed E-state index contributed by atoms with van der Waals surface area (Å²) in [6.45, 7) is 5.28. The van der Waals surface area contributed by atoms with Gasteiger partial charge in [-0.15, -0.1) is 0 Å². The van der Waals surface area contributed by atoms with Crippen LogP contribution in [0.25, 0.3) is 0 Å². The second-order valence-corrected chi connectivity index (χ2v) is 9.42. The summed E-state index contributed by atoms with van der Waals surface area (Å²) in [6, 6.07) is 13.2. The number of anilines is 1. The lowest BCUT2D eigenvalue weighted by Crippen LogP contribution is -2.50. The van der Waals surface area contributed by atoms with E-state index in [4.69, 9.17) is 4.74 Å². The number of nitrogens with zero attached hydrogens (tertiary/aromatic N) is 5. The molecule has 2 amide bonds. The SMILES string of the molecule is CCCCN1C(=O)CCC(C(=O)N2CCCN(c3ncccc3C#N)CC2)C1c1ccccc1OC. The third kappa shape index (κ3) is 5.30. The Hall–Kier alpha value is -3.60. The molecule has 8 heteroatoms. The van der Waals surface area contributed by atoms with Crippen molar-refractivity contribution in [3.63, 3.8) is 0 Å². The van der Waals surface area contributed by atoms with Crippen LogP contribution < -0.4 is 9.64 Å². The Balaban J connectivity index is 1.59. The van der Waals surface area contributed by atoms with Gasteiger partial charge in [0.2, 0.25) is 11.8 Å². The second-order valence-electron chi connectivity index (χ2n) is 9.42. The number of nitriles is 1. The van der Waals surface area contributed by atoms with Crippen molar-refractivity contribution >= 4 is 17.6 Å². The van der Waals surface area contributed by atoms with E-state index in [0.717, 1.165) is 31.4 Å². The largest absolute Gasteiger partial charge is 0.496 e. The van der Waals surface area contributed by atoms with Gasteiger partial charge in [-0.25, -0.2) is 4.98 Å². The van der Waals surface area contributed by atoms with Crippen LogP contribution in [0.4, 0.5) is 5.82 Å². The Labute approximate surface area is 213 Å². The minimum Gasteiger partial charge on any atom is -0.496 e. The van der Waals surface area contributed by atoms with Crippen molar-refractivity contribution < 1.29 is 14.3 Å². The highest BCUT2D eigenvalue weighted by Crippen LogP contribution is 2.41. The molecule has 2 fully saturated rings. The first-order valence-electron chi connectivity index (χ1n) is 12.9. The maximum Gasteiger partial charge on any atom is 0.228 e. The van der Waals surface area contributed by atoms with Crippen molar-refractivity contribution in [2.45, 2.75) is 45.1 Å². The minimum atomic E-state index is -0.346. The molecule has 0 radical (unpaired) electrons. The number of carbonyl (C=O) groups excluding carboxylic acids is 2. The Morgan fingerprint density at radius 2 is 2.00 bits per heavy atom. The fourth-order valence-corrected chi connectivity index (χ4v) is 5.42. The summed E-state index contributed by atoms with van der Waals surface area (Å²) in [5.41, 5.74) is 1.44. The fourth-order valence-electron chi connectivity index (χ4n) is 5.42. The van der Waals surface area contributed by atoms with Crippen molar-refractivity contribution in [2.24, 2.45) is 5.92 Å². The number of piperidine rings is 1. The molecule has 0 aliphatic carbocycles. The van der Waals surface area contributed by atoms with Gasteiger partial charge in [-0.05, 0) is 37.5 Å². The van der Waals surface area contributed by atoms with Gasteiger partial charge in [-0.3, -0.25) is 9.59 Å². The molecule has 8 nitrogen and oxygen atoms in total. The Kier molecular flexibility index (Phi) is 8.42. The molecule has 2 aliphatic heterocycles. The highest BCUT2D eigenvalue weighted by molar-refractivity contribution is 5.85. The van der Waals surface area contributed by atoms with Gasteiger partial charge in [0.1, 0.15) is 17.6 Å². The van der Waals surface area contributed by atoms with E-state index in [1.54, 1.807) is 25.4 Å². The van der Waals surface area contributed by atoms with Crippen LogP contribution in [0.15, 0.2) is 42.6 Å². The van der Waals surface area contributed by atoms with E-state index in [0.29, 0.717) is 56.2 Å². The maximum absolute atomic E-state index is 14.0. The van der Waals surface area contributed by atoms with Crippen LogP contribution in [0, 0.1) is 17.2 Å². The zero-order chi connectivity index (χ0) is 25.5. The first-order chi connectivity index (χ1) is 17.6. The minimum absolute atomic E-state index is 0.0864. The summed E-state index contributed by atoms with van der Waals surface area (Å²) in [5, 5.41) is 9.49. The monoisotopic (exact) mass is 489 g/mol. The first kappa shape index (κ1) is 25.5. The van der Waals surface area contributed by atoms with Gasteiger partial charge in [0.05, 0.1) is 24.6 Å². The standard InChI is InChI=1S/C28H35N5O3/c1-3-4-17-33-25(34)13-12-23(26(33)22-10-5-6-11-24(22)36-2)28(35)32-16-8-15-31(18-19-32)27-21(20-29)9-7-14-30-27/h5-7,9-11,14,23,26H,3-4,8,12-13,15-19H2,1-2H3. The third-order valence-electron chi connectivity index (χ3n) is 7.25. The van der Waals surface area contributed by atoms with Gasteiger partial charge in [-0.1, -0.05) is 31.5 Å². The molecule has 0 N–H and O–H groups in total. The van der Waals surface area contributed by atoms with Crippen molar-refractivity contribution in [1.82, 2.24) is 14.8 Å². The number of benzene rings is 1. The van der Waals surface area contributed by atoms with Crippen LogP contribution in [-0.4, -0.2) is 66.4 Å². The lowest BCUT2D eigenvalue weighted by Gasteiger charge is -2.42. The molecule has 1 aromatic carbocycles. The van der Waals surface area contributed by atoms with Crippen molar-refractivity contribution in [3.05, 3.63) is 53.7 Å². The van der Waals surface area contributed by atoms with Crippen molar-refractivity contribution in [2.75, 3.05) is 44.7 Å². The number of unbranched alkanes of at least 4 members (excludes halogenated alkanes) is 1. The van der Waals surface area contributed by atoms with Crippen LogP contribution in [0.5, 0.6) is 5.75 Å². The van der Waals surface area contributed by atoms with Crippen molar-refractivity contribution in [3.8, 4) is 11.8 Å². The van der Waals surface area contributed by atoms with Crippen molar-refractivity contribution in [1.29, 1.82) is 5.26 Å². The summed E-state index contributed by atoms with van der Waals surface area (Å²) in [6.07, 6.45) is 5.26. The molecular weight excluding hydrogens is 454 g/mol. The molecule has 36 heavy (non-hydrogen) atoms. The number of amides is 2. The summed E-state index contributed by atoms with van der Waals surface area (Å²) in [7, 11) is 1.63. The average molecular weight is 490 g/mol. The maximum atomic E-state index is 14.0. The molecule has 0 spiro atoms. The van der Waals surface area contributed by atoms with Gasteiger partial charge in [0.15, 0.2) is 0 Å². The Bertz CT molecular complexity index is 1110. The van der Waals surface area contributed by atoms with E-state index in [1.165, 1.54) is 0 Å². The molecule has 2 aromatic rings. The molecule has 2 unspecified atom stereocenters. The van der Waals surface area contributed by atoms with Crippen LogP contribution in [0.2, 0.25) is 0 Å². The van der Waals surface area contributed by atoms with E-state index >= 15 is 0 Å². The van der Waals surface area contributed by atoms with Gasteiger partial charge in [-0.2, -0.15) is 5.26 Å². The van der Waals surface area contributed by atoms with Gasteiger partial charge in [0.25, 0.3) is 0 Å². The average Bonchev–Trinajstić information content (AvgIpc) is 3.18. The van der Waals surface area contributed by atoms with Crippen LogP contribution in [0.1, 0.15) is 56.2 Å². The number of likely N-dealkylation sites (tertiary alicyclic amines) is 1. The number of ether oxygens (including phenoxy) is 1. The van der Waals surface area contributed by atoms with Gasteiger partial charge in [0, 0.05) is 50.9 Å². The molecule has 2 atom stereocenters. The molecule has 4 rings (SSSR count). The first-order valence-corrected chi connectivity index (χ1v) is 12.9. The van der Waals surface area contributed by atoms with E-state index < -0.39 is 0 Å². The van der Waals surface area contributed by atoms with Crippen LogP contribution >= 0.6 is 0 Å². The molecule has 0 bridgehead atoms. The number of hydrogen-bond donors (Lipinski definition) is 0. The smallest absolute Gasteiger partial charge is 0.228 e. The lowest BCUT2D eigenvalue weighted by molar-refractivity contribution is -0.148. The van der Waals surface area contributed by atoms with Gasteiger partial charge >= 0.3 is 0 Å². The zero-order valence-electron chi connectivity index (χ0n) is 21.2. The second kappa shape index (κ2) is 11.9.